The van der Waals surface area contributed by atoms with E-state index in [1.165, 1.54) is 6.07 Å². The molecular weight excluding hydrogens is 520 g/mol. The van der Waals surface area contributed by atoms with Crippen molar-refractivity contribution in [1.82, 2.24) is 4.98 Å². The van der Waals surface area contributed by atoms with Crippen LogP contribution in [0.5, 0.6) is 11.6 Å². The van der Waals surface area contributed by atoms with Crippen molar-refractivity contribution in [2.24, 2.45) is 17.8 Å². The number of aliphatic hydroxyl groups is 2. The number of rotatable bonds is 9. The third kappa shape index (κ3) is 4.71. The number of carboxylic acid groups (broad SMARTS) is 1. The first-order valence-corrected chi connectivity index (χ1v) is 13.5. The van der Waals surface area contributed by atoms with Gasteiger partial charge in [0.2, 0.25) is 5.88 Å². The van der Waals surface area contributed by atoms with Crippen LogP contribution in [0.15, 0.2) is 36.5 Å². The molecule has 0 bridgehead atoms. The van der Waals surface area contributed by atoms with Gasteiger partial charge < -0.3 is 24.8 Å². The summed E-state index contributed by atoms with van der Waals surface area (Å²) >= 11 is 0. The van der Waals surface area contributed by atoms with E-state index in [0.717, 1.165) is 28.3 Å². The van der Waals surface area contributed by atoms with Crippen molar-refractivity contribution in [3.05, 3.63) is 76.0 Å². The molecule has 2 fully saturated rings. The van der Waals surface area contributed by atoms with E-state index in [1.54, 1.807) is 12.3 Å². The fourth-order valence-electron chi connectivity index (χ4n) is 6.64. The topological polar surface area (TPSA) is 109 Å². The summed E-state index contributed by atoms with van der Waals surface area (Å²) in [7, 11) is 0. The Kier molecular flexibility index (Phi) is 6.54. The van der Waals surface area contributed by atoms with Crippen molar-refractivity contribution in [3.8, 4) is 22.8 Å². The lowest BCUT2D eigenvalue weighted by atomic mass is 9.72. The standard InChI is InChI=1S/C31H31F2NO6/c1-15-3-20(39-12-17-9-31(38,10-17)14-35)4-16(2)27(15)21-6-19(24(32)8-25(21)33)13-40-26-7-18-5-22-28(23(18)11-34-26)29(22)30(36)37/h3-4,6-8,11,17,22,28-29,35,38H,5,9-10,12-14H2,1-2H3,(H,36,37). The molecule has 0 aliphatic heterocycles. The Labute approximate surface area is 230 Å². The van der Waals surface area contributed by atoms with Crippen LogP contribution in [0.2, 0.25) is 0 Å². The van der Waals surface area contributed by atoms with E-state index in [4.69, 9.17) is 9.47 Å². The number of hydrogen-bond acceptors (Lipinski definition) is 6. The van der Waals surface area contributed by atoms with Gasteiger partial charge in [-0.2, -0.15) is 0 Å². The molecule has 0 amide bonds. The van der Waals surface area contributed by atoms with E-state index in [2.05, 4.69) is 4.98 Å². The Morgan fingerprint density at radius 2 is 1.80 bits per heavy atom. The lowest BCUT2D eigenvalue weighted by molar-refractivity contribution is -0.139. The predicted octanol–water partition coefficient (Wildman–Crippen LogP) is 4.71. The Bertz CT molecular complexity index is 1480. The molecule has 3 unspecified atom stereocenters. The average molecular weight is 552 g/mol. The number of carboxylic acids is 1. The van der Waals surface area contributed by atoms with Crippen LogP contribution in [-0.2, 0) is 17.8 Å². The van der Waals surface area contributed by atoms with Gasteiger partial charge in [-0.3, -0.25) is 4.79 Å². The van der Waals surface area contributed by atoms with Crippen LogP contribution in [0.4, 0.5) is 8.78 Å². The molecule has 1 aromatic heterocycles. The van der Waals surface area contributed by atoms with Crippen molar-refractivity contribution >= 4 is 5.97 Å². The summed E-state index contributed by atoms with van der Waals surface area (Å²) in [5.41, 5.74) is 3.58. The average Bonchev–Trinajstić information content (AvgIpc) is 3.48. The molecule has 3 aliphatic carbocycles. The molecule has 0 radical (unpaired) electrons. The number of aliphatic carboxylic acids is 1. The molecular formula is C31H31F2NO6. The highest BCUT2D eigenvalue weighted by Crippen LogP contribution is 2.61. The number of aliphatic hydroxyl groups excluding tert-OH is 1. The van der Waals surface area contributed by atoms with Crippen LogP contribution >= 0.6 is 0 Å². The summed E-state index contributed by atoms with van der Waals surface area (Å²) in [6.07, 6.45) is 3.28. The zero-order valence-electron chi connectivity index (χ0n) is 22.3. The summed E-state index contributed by atoms with van der Waals surface area (Å²) in [5.74, 6) is -1.29. The molecule has 1 heterocycles. The number of ether oxygens (including phenoxy) is 2. The van der Waals surface area contributed by atoms with Gasteiger partial charge in [0.15, 0.2) is 0 Å². The first-order valence-electron chi connectivity index (χ1n) is 13.5. The van der Waals surface area contributed by atoms with Crippen LogP contribution in [0, 0.1) is 43.2 Å². The first kappa shape index (κ1) is 26.7. The maximum Gasteiger partial charge on any atom is 0.307 e. The zero-order chi connectivity index (χ0) is 28.3. The fraction of sp³-hybridized carbons (Fsp3) is 0.419. The summed E-state index contributed by atoms with van der Waals surface area (Å²) in [6, 6.07) is 7.73. The minimum Gasteiger partial charge on any atom is -0.493 e. The monoisotopic (exact) mass is 551 g/mol. The van der Waals surface area contributed by atoms with E-state index in [1.807, 2.05) is 26.0 Å². The molecule has 7 nitrogen and oxygen atoms in total. The van der Waals surface area contributed by atoms with Gasteiger partial charge in [0.1, 0.15) is 24.0 Å². The number of benzene rings is 2. The molecule has 0 spiro atoms. The van der Waals surface area contributed by atoms with Crippen molar-refractivity contribution in [2.45, 2.75) is 51.2 Å². The smallest absolute Gasteiger partial charge is 0.307 e. The molecule has 6 rings (SSSR count). The van der Waals surface area contributed by atoms with Gasteiger partial charge in [0.25, 0.3) is 0 Å². The van der Waals surface area contributed by atoms with E-state index in [9.17, 15) is 24.5 Å². The molecule has 3 aromatic rings. The number of aromatic nitrogens is 1. The van der Waals surface area contributed by atoms with Gasteiger partial charge in [-0.05, 0) is 91.0 Å². The van der Waals surface area contributed by atoms with E-state index in [-0.39, 0.29) is 48.0 Å². The van der Waals surface area contributed by atoms with Gasteiger partial charge in [0, 0.05) is 35.4 Å². The summed E-state index contributed by atoms with van der Waals surface area (Å²) in [6.45, 7) is 3.69. The fourth-order valence-corrected chi connectivity index (χ4v) is 6.64. The van der Waals surface area contributed by atoms with Gasteiger partial charge >= 0.3 is 5.97 Å². The molecule has 9 heteroatoms. The predicted molar refractivity (Wildman–Crippen MR) is 141 cm³/mol. The lowest BCUT2D eigenvalue weighted by Gasteiger charge is -2.42. The summed E-state index contributed by atoms with van der Waals surface area (Å²) in [4.78, 5) is 15.6. The number of hydrogen-bond donors (Lipinski definition) is 3. The van der Waals surface area contributed by atoms with E-state index in [0.29, 0.717) is 43.1 Å². The second-order valence-electron chi connectivity index (χ2n) is 11.6. The van der Waals surface area contributed by atoms with E-state index >= 15 is 4.39 Å². The van der Waals surface area contributed by atoms with Crippen LogP contribution in [-0.4, -0.2) is 45.1 Å². The molecule has 2 aromatic carbocycles. The third-order valence-corrected chi connectivity index (χ3v) is 8.67. The third-order valence-electron chi connectivity index (χ3n) is 8.67. The summed E-state index contributed by atoms with van der Waals surface area (Å²) in [5, 5.41) is 28.5. The van der Waals surface area contributed by atoms with Crippen molar-refractivity contribution in [3.63, 3.8) is 0 Å². The Balaban J connectivity index is 1.15. The highest BCUT2D eigenvalue weighted by molar-refractivity contribution is 5.78. The molecule has 210 valence electrons. The Morgan fingerprint density at radius 1 is 1.07 bits per heavy atom. The highest BCUT2D eigenvalue weighted by atomic mass is 19.1. The molecule has 2 saturated carbocycles. The maximum atomic E-state index is 15.0. The maximum absolute atomic E-state index is 15.0. The molecule has 0 saturated heterocycles. The summed E-state index contributed by atoms with van der Waals surface area (Å²) < 4.78 is 41.5. The van der Waals surface area contributed by atoms with E-state index < -0.39 is 23.2 Å². The van der Waals surface area contributed by atoms with Crippen LogP contribution in [0.25, 0.3) is 11.1 Å². The molecule has 3 aliphatic rings. The largest absolute Gasteiger partial charge is 0.493 e. The zero-order valence-corrected chi connectivity index (χ0v) is 22.3. The van der Waals surface area contributed by atoms with Gasteiger partial charge in [-0.15, -0.1) is 0 Å². The van der Waals surface area contributed by atoms with Crippen molar-refractivity contribution in [2.75, 3.05) is 13.2 Å². The number of carbonyl (C=O) groups is 1. The normalized spacial score (nSPS) is 26.1. The molecule has 3 N–H and O–H groups in total. The van der Waals surface area contributed by atoms with Crippen LogP contribution < -0.4 is 9.47 Å². The SMILES string of the molecule is Cc1cc(OCC2CC(O)(CO)C2)cc(C)c1-c1cc(COc2cc3c(cn2)C2C(C3)C2C(=O)O)c(F)cc1F. The Hall–Kier alpha value is -3.56. The lowest BCUT2D eigenvalue weighted by Crippen LogP contribution is -2.48. The number of fused-ring (bicyclic) bond motifs is 3. The van der Waals surface area contributed by atoms with Gasteiger partial charge in [-0.25, -0.2) is 13.8 Å². The molecule has 3 atom stereocenters. The van der Waals surface area contributed by atoms with Crippen LogP contribution in [0.3, 0.4) is 0 Å². The minimum atomic E-state index is -1.01. The quantitative estimate of drug-likeness (QED) is 0.354. The first-order chi connectivity index (χ1) is 19.1. The molecule has 40 heavy (non-hydrogen) atoms. The minimum absolute atomic E-state index is 0.0129. The second-order valence-corrected chi connectivity index (χ2v) is 11.6. The second kappa shape index (κ2) is 9.82. The number of aryl methyl sites for hydroxylation is 2. The number of pyridine rings is 1. The van der Waals surface area contributed by atoms with Crippen LogP contribution in [0.1, 0.15) is 46.6 Å². The number of halogens is 2. The highest BCUT2D eigenvalue weighted by Gasteiger charge is 2.60. The van der Waals surface area contributed by atoms with Crippen molar-refractivity contribution < 1.29 is 38.4 Å². The van der Waals surface area contributed by atoms with Gasteiger partial charge in [-0.1, -0.05) is 0 Å². The van der Waals surface area contributed by atoms with Crippen molar-refractivity contribution in [1.29, 1.82) is 0 Å². The number of nitrogens with zero attached hydrogens (tertiary/aromatic N) is 1. The Morgan fingerprint density at radius 3 is 2.48 bits per heavy atom. The van der Waals surface area contributed by atoms with Gasteiger partial charge in [0.05, 0.1) is 24.7 Å².